The fourth-order valence-corrected chi connectivity index (χ4v) is 3.57. The molecule has 2 heterocycles. The Hall–Kier alpha value is -2.41. The van der Waals surface area contributed by atoms with E-state index in [0.717, 1.165) is 25.4 Å². The Bertz CT molecular complexity index is 723. The van der Waals surface area contributed by atoms with Gasteiger partial charge in [-0.3, -0.25) is 9.69 Å². The number of carbonyl (C=O) groups excluding carboxylic acids is 1. The Kier molecular flexibility index (Phi) is 4.65. The van der Waals surface area contributed by atoms with Crippen LogP contribution in [0.25, 0.3) is 0 Å². The quantitative estimate of drug-likeness (QED) is 0.882. The average molecular weight is 341 g/mol. The molecule has 0 bridgehead atoms. The molecule has 1 aliphatic carbocycles. The molecule has 1 fully saturated rings. The molecule has 1 saturated heterocycles. The lowest BCUT2D eigenvalue weighted by Crippen LogP contribution is -2.49. The van der Waals surface area contributed by atoms with Gasteiger partial charge in [0, 0.05) is 32.7 Å². The Morgan fingerprint density at radius 2 is 2.00 bits per heavy atom. The molecule has 1 aliphatic heterocycles. The second-order valence-corrected chi connectivity index (χ2v) is 6.62. The summed E-state index contributed by atoms with van der Waals surface area (Å²) >= 11 is 0. The molecular weight excluding hydrogens is 318 g/mol. The number of piperazine rings is 1. The minimum atomic E-state index is -0.0530. The number of carbonyl (C=O) groups is 1. The van der Waals surface area contributed by atoms with Gasteiger partial charge in [-0.15, -0.1) is 0 Å². The number of aryl methyl sites for hydroxylation is 2. The first-order chi connectivity index (χ1) is 12.3. The molecule has 0 saturated carbocycles. The highest BCUT2D eigenvalue weighted by Gasteiger charge is 2.23. The number of ether oxygens (including phenoxy) is 1. The predicted octanol–water partition coefficient (Wildman–Crippen LogP) is 1.13. The molecule has 0 atom stereocenters. The molecule has 7 nitrogen and oxygen atoms in total. The van der Waals surface area contributed by atoms with Gasteiger partial charge in [0.05, 0.1) is 6.20 Å². The fourth-order valence-electron chi connectivity index (χ4n) is 3.57. The van der Waals surface area contributed by atoms with Gasteiger partial charge in [-0.2, -0.15) is 15.4 Å². The maximum absolute atomic E-state index is 12.2. The highest BCUT2D eigenvalue weighted by Crippen LogP contribution is 2.25. The number of amides is 1. The van der Waals surface area contributed by atoms with E-state index in [1.165, 1.54) is 36.6 Å². The van der Waals surface area contributed by atoms with E-state index in [2.05, 4.69) is 38.5 Å². The molecule has 0 radical (unpaired) electrons. The summed E-state index contributed by atoms with van der Waals surface area (Å²) in [5.41, 5.74) is 3.30. The van der Waals surface area contributed by atoms with Crippen LogP contribution in [0, 0.1) is 0 Å². The van der Waals surface area contributed by atoms with Gasteiger partial charge in [0.15, 0.2) is 5.69 Å². The van der Waals surface area contributed by atoms with Crippen molar-refractivity contribution in [2.75, 3.05) is 39.3 Å². The zero-order valence-electron chi connectivity index (χ0n) is 14.3. The van der Waals surface area contributed by atoms with Gasteiger partial charge in [0.2, 0.25) is 0 Å². The van der Waals surface area contributed by atoms with Crippen LogP contribution in [0.2, 0.25) is 0 Å². The van der Waals surface area contributed by atoms with Crippen LogP contribution in [-0.4, -0.2) is 70.4 Å². The molecule has 2 aromatic rings. The number of nitrogens with one attached hydrogen (secondary N) is 1. The number of hydrogen-bond donors (Lipinski definition) is 1. The first-order valence-corrected chi connectivity index (χ1v) is 8.91. The topological polar surface area (TPSA) is 74.4 Å². The Balaban J connectivity index is 1.21. The maximum atomic E-state index is 12.2. The summed E-state index contributed by atoms with van der Waals surface area (Å²) in [7, 11) is 0. The second-order valence-electron chi connectivity index (χ2n) is 6.62. The number of hydrogen-bond acceptors (Lipinski definition) is 5. The molecule has 0 unspecified atom stereocenters. The monoisotopic (exact) mass is 341 g/mol. The van der Waals surface area contributed by atoms with Crippen LogP contribution in [0.4, 0.5) is 0 Å². The maximum Gasteiger partial charge on any atom is 0.276 e. The summed E-state index contributed by atoms with van der Waals surface area (Å²) in [4.78, 5) is 16.4. The number of fused-ring (bicyclic) bond motifs is 1. The van der Waals surface area contributed by atoms with Gasteiger partial charge < -0.3 is 9.64 Å². The van der Waals surface area contributed by atoms with Crippen LogP contribution in [0.3, 0.4) is 0 Å². The Morgan fingerprint density at radius 1 is 1.16 bits per heavy atom. The van der Waals surface area contributed by atoms with Crippen molar-refractivity contribution in [3.63, 3.8) is 0 Å². The Labute approximate surface area is 147 Å². The van der Waals surface area contributed by atoms with E-state index < -0.39 is 0 Å². The molecule has 2 aliphatic rings. The second kappa shape index (κ2) is 7.23. The number of rotatable bonds is 5. The molecule has 4 rings (SSSR count). The summed E-state index contributed by atoms with van der Waals surface area (Å²) in [6, 6.07) is 6.47. The summed E-state index contributed by atoms with van der Waals surface area (Å²) in [6.45, 7) is 4.70. The van der Waals surface area contributed by atoms with E-state index in [-0.39, 0.29) is 5.91 Å². The van der Waals surface area contributed by atoms with Crippen molar-refractivity contribution in [1.29, 1.82) is 0 Å². The summed E-state index contributed by atoms with van der Waals surface area (Å²) in [5, 5.41) is 10.0. The van der Waals surface area contributed by atoms with E-state index in [0.29, 0.717) is 25.4 Å². The number of nitrogens with zero attached hydrogens (tertiary/aromatic N) is 4. The predicted molar refractivity (Wildman–Crippen MR) is 92.7 cm³/mol. The molecule has 1 aromatic carbocycles. The van der Waals surface area contributed by atoms with Crippen molar-refractivity contribution in [3.8, 4) is 5.75 Å². The number of aromatic nitrogens is 3. The lowest BCUT2D eigenvalue weighted by atomic mass is 10.1. The van der Waals surface area contributed by atoms with Crippen LogP contribution in [-0.2, 0) is 12.8 Å². The van der Waals surface area contributed by atoms with Crippen LogP contribution in [0.5, 0.6) is 5.75 Å². The van der Waals surface area contributed by atoms with Crippen molar-refractivity contribution >= 4 is 5.91 Å². The molecular formula is C18H23N5O2. The summed E-state index contributed by atoms with van der Waals surface area (Å²) in [5.74, 6) is 0.920. The van der Waals surface area contributed by atoms with E-state index in [1.807, 2.05) is 4.90 Å². The summed E-state index contributed by atoms with van der Waals surface area (Å²) < 4.78 is 5.92. The highest BCUT2D eigenvalue weighted by atomic mass is 16.5. The Morgan fingerprint density at radius 3 is 2.80 bits per heavy atom. The zero-order chi connectivity index (χ0) is 17.1. The van der Waals surface area contributed by atoms with Gasteiger partial charge in [0.25, 0.3) is 5.91 Å². The molecule has 25 heavy (non-hydrogen) atoms. The first-order valence-electron chi connectivity index (χ1n) is 8.91. The van der Waals surface area contributed by atoms with E-state index in [1.54, 1.807) is 0 Å². The van der Waals surface area contributed by atoms with Crippen LogP contribution >= 0.6 is 0 Å². The van der Waals surface area contributed by atoms with Crippen LogP contribution < -0.4 is 4.74 Å². The van der Waals surface area contributed by atoms with E-state index >= 15 is 0 Å². The van der Waals surface area contributed by atoms with Gasteiger partial charge in [-0.05, 0) is 42.5 Å². The number of H-pyrrole nitrogens is 1. The van der Waals surface area contributed by atoms with Crippen LogP contribution in [0.1, 0.15) is 28.0 Å². The number of benzene rings is 1. The average Bonchev–Trinajstić information content (AvgIpc) is 3.33. The first kappa shape index (κ1) is 16.1. The summed E-state index contributed by atoms with van der Waals surface area (Å²) in [6.07, 6.45) is 5.11. The van der Waals surface area contributed by atoms with Crippen molar-refractivity contribution in [2.45, 2.75) is 19.3 Å². The van der Waals surface area contributed by atoms with Gasteiger partial charge >= 0.3 is 0 Å². The SMILES string of the molecule is O=C(c1cn[nH]n1)N1CCN(CCOc2ccc3c(c2)CCC3)CC1. The largest absolute Gasteiger partial charge is 0.492 e. The molecule has 1 aromatic heterocycles. The van der Waals surface area contributed by atoms with E-state index in [9.17, 15) is 4.79 Å². The standard InChI is InChI=1S/C18H23N5O2/c24-18(17-13-19-21-20-17)23-8-6-22(7-9-23)10-11-25-16-5-4-14-2-1-3-15(14)12-16/h4-5,12-13H,1-3,6-11H2,(H,19,20,21). The normalized spacial score (nSPS) is 17.5. The lowest BCUT2D eigenvalue weighted by molar-refractivity contribution is 0.0614. The molecule has 1 N–H and O–H groups in total. The van der Waals surface area contributed by atoms with Crippen molar-refractivity contribution < 1.29 is 9.53 Å². The molecule has 132 valence electrons. The highest BCUT2D eigenvalue weighted by molar-refractivity contribution is 5.91. The van der Waals surface area contributed by atoms with Gasteiger partial charge in [0.1, 0.15) is 12.4 Å². The van der Waals surface area contributed by atoms with Gasteiger partial charge in [-0.1, -0.05) is 6.07 Å². The third-order valence-electron chi connectivity index (χ3n) is 5.04. The zero-order valence-corrected chi connectivity index (χ0v) is 14.3. The lowest BCUT2D eigenvalue weighted by Gasteiger charge is -2.34. The minimum absolute atomic E-state index is 0.0530. The molecule has 7 heteroatoms. The van der Waals surface area contributed by atoms with E-state index in [4.69, 9.17) is 4.74 Å². The third-order valence-corrected chi connectivity index (χ3v) is 5.04. The van der Waals surface area contributed by atoms with Gasteiger partial charge in [-0.25, -0.2) is 0 Å². The molecule has 1 amide bonds. The molecule has 0 spiro atoms. The van der Waals surface area contributed by atoms with Crippen molar-refractivity contribution in [2.24, 2.45) is 0 Å². The third kappa shape index (κ3) is 3.66. The van der Waals surface area contributed by atoms with Crippen molar-refractivity contribution in [1.82, 2.24) is 25.2 Å². The van der Waals surface area contributed by atoms with Crippen LogP contribution in [0.15, 0.2) is 24.4 Å². The van der Waals surface area contributed by atoms with Crippen molar-refractivity contribution in [3.05, 3.63) is 41.2 Å². The number of aromatic amines is 1. The smallest absolute Gasteiger partial charge is 0.276 e. The minimum Gasteiger partial charge on any atom is -0.492 e. The fraction of sp³-hybridized carbons (Fsp3) is 0.500.